The molecule has 1 amide bonds. The van der Waals surface area contributed by atoms with Crippen LogP contribution in [0.1, 0.15) is 43.4 Å². The van der Waals surface area contributed by atoms with Crippen LogP contribution in [-0.2, 0) is 27.3 Å². The molecule has 0 bridgehead atoms. The van der Waals surface area contributed by atoms with E-state index in [-0.39, 0.29) is 18.3 Å². The van der Waals surface area contributed by atoms with Crippen molar-refractivity contribution in [3.63, 3.8) is 0 Å². The quantitative estimate of drug-likeness (QED) is 0.656. The van der Waals surface area contributed by atoms with Crippen molar-refractivity contribution in [3.8, 4) is 5.75 Å². The Hall–Kier alpha value is -2.89. The maximum atomic E-state index is 13.6. The topological polar surface area (TPSA) is 68.7 Å². The number of ether oxygens (including phenoxy) is 2. The van der Waals surface area contributed by atoms with Crippen molar-refractivity contribution in [2.45, 2.75) is 50.7 Å². The van der Waals surface area contributed by atoms with Crippen molar-refractivity contribution in [2.24, 2.45) is 5.92 Å². The predicted molar refractivity (Wildman–Crippen MR) is 112 cm³/mol. The standard InChI is InChI=1S/C24H28N2O4/c1-29-20-9-7-18(8-10-20)11-15-26(17-19-6-2-5-14-25-19)23(28)21-16-22(27)30-24(21)12-3-4-13-24/h2,5-10,14,21H,3-4,11-13,15-17H2,1H3. The largest absolute Gasteiger partial charge is 0.497 e. The molecule has 1 aliphatic heterocycles. The summed E-state index contributed by atoms with van der Waals surface area (Å²) >= 11 is 0. The number of rotatable bonds is 7. The van der Waals surface area contributed by atoms with E-state index < -0.39 is 11.5 Å². The first-order chi connectivity index (χ1) is 14.6. The second-order valence-corrected chi connectivity index (χ2v) is 8.18. The van der Waals surface area contributed by atoms with Crippen molar-refractivity contribution >= 4 is 11.9 Å². The van der Waals surface area contributed by atoms with Gasteiger partial charge in [-0.05, 0) is 61.9 Å². The molecule has 2 aliphatic rings. The number of aromatic nitrogens is 1. The molecule has 4 rings (SSSR count). The lowest BCUT2D eigenvalue weighted by Crippen LogP contribution is -2.45. The maximum absolute atomic E-state index is 13.6. The van der Waals surface area contributed by atoms with Crippen molar-refractivity contribution in [1.82, 2.24) is 9.88 Å². The van der Waals surface area contributed by atoms with Gasteiger partial charge in [-0.15, -0.1) is 0 Å². The highest BCUT2D eigenvalue weighted by atomic mass is 16.6. The number of nitrogens with zero attached hydrogens (tertiary/aromatic N) is 2. The molecule has 1 saturated heterocycles. The van der Waals surface area contributed by atoms with Gasteiger partial charge < -0.3 is 14.4 Å². The number of carbonyl (C=O) groups is 2. The molecule has 1 saturated carbocycles. The summed E-state index contributed by atoms with van der Waals surface area (Å²) in [5, 5.41) is 0. The Labute approximate surface area is 177 Å². The van der Waals surface area contributed by atoms with Gasteiger partial charge in [0.2, 0.25) is 5.91 Å². The van der Waals surface area contributed by atoms with Crippen molar-refractivity contribution in [1.29, 1.82) is 0 Å². The molecule has 6 nitrogen and oxygen atoms in total. The minimum Gasteiger partial charge on any atom is -0.497 e. The fraction of sp³-hybridized carbons (Fsp3) is 0.458. The van der Waals surface area contributed by atoms with Crippen molar-refractivity contribution < 1.29 is 19.1 Å². The van der Waals surface area contributed by atoms with E-state index in [0.717, 1.165) is 49.1 Å². The first kappa shape index (κ1) is 20.4. The van der Waals surface area contributed by atoms with Crippen molar-refractivity contribution in [2.75, 3.05) is 13.7 Å². The lowest BCUT2D eigenvalue weighted by atomic mass is 9.84. The zero-order valence-electron chi connectivity index (χ0n) is 17.4. The van der Waals surface area contributed by atoms with Crippen LogP contribution in [0.4, 0.5) is 0 Å². The zero-order valence-corrected chi connectivity index (χ0v) is 17.4. The number of carbonyl (C=O) groups excluding carboxylic acids is 2. The average Bonchev–Trinajstić information content (AvgIpc) is 3.37. The normalized spacial score (nSPS) is 19.6. The van der Waals surface area contributed by atoms with Crippen LogP contribution in [0.2, 0.25) is 0 Å². The van der Waals surface area contributed by atoms with Crippen LogP contribution in [0, 0.1) is 5.92 Å². The number of hydrogen-bond donors (Lipinski definition) is 0. The van der Waals surface area contributed by atoms with E-state index in [4.69, 9.17) is 9.47 Å². The fourth-order valence-corrected chi connectivity index (χ4v) is 4.66. The lowest BCUT2D eigenvalue weighted by molar-refractivity contribution is -0.151. The zero-order chi connectivity index (χ0) is 21.0. The summed E-state index contributed by atoms with van der Waals surface area (Å²) in [7, 11) is 1.64. The predicted octanol–water partition coefficient (Wildman–Crippen LogP) is 3.54. The molecule has 0 N–H and O–H groups in total. The second kappa shape index (κ2) is 8.86. The van der Waals surface area contributed by atoms with E-state index >= 15 is 0 Å². The highest BCUT2D eigenvalue weighted by Crippen LogP contribution is 2.46. The smallest absolute Gasteiger partial charge is 0.307 e. The Morgan fingerprint density at radius 2 is 1.97 bits per heavy atom. The van der Waals surface area contributed by atoms with Crippen LogP contribution < -0.4 is 4.74 Å². The molecule has 2 aromatic rings. The molecule has 6 heteroatoms. The summed E-state index contributed by atoms with van der Waals surface area (Å²) in [6.45, 7) is 0.985. The minimum atomic E-state index is -0.601. The Balaban J connectivity index is 1.53. The number of amides is 1. The van der Waals surface area contributed by atoms with Gasteiger partial charge in [-0.25, -0.2) is 0 Å². The summed E-state index contributed by atoms with van der Waals surface area (Å²) in [6, 6.07) is 13.6. The summed E-state index contributed by atoms with van der Waals surface area (Å²) in [5.74, 6) is 0.169. The molecular weight excluding hydrogens is 380 g/mol. The Kier molecular flexibility index (Phi) is 6.02. The van der Waals surface area contributed by atoms with Crippen LogP contribution in [0.15, 0.2) is 48.7 Å². The molecule has 1 atom stereocenters. The van der Waals surface area contributed by atoms with Crippen LogP contribution in [0.3, 0.4) is 0 Å². The molecule has 158 valence electrons. The van der Waals surface area contributed by atoms with E-state index in [9.17, 15) is 9.59 Å². The van der Waals surface area contributed by atoms with E-state index in [1.54, 1.807) is 13.3 Å². The lowest BCUT2D eigenvalue weighted by Gasteiger charge is -2.32. The summed E-state index contributed by atoms with van der Waals surface area (Å²) in [6.07, 6.45) is 6.21. The van der Waals surface area contributed by atoms with Gasteiger partial charge in [-0.1, -0.05) is 18.2 Å². The van der Waals surface area contributed by atoms with Crippen LogP contribution in [-0.4, -0.2) is 41.0 Å². The van der Waals surface area contributed by atoms with Gasteiger partial charge in [0.05, 0.1) is 31.7 Å². The average molecular weight is 408 g/mol. The van der Waals surface area contributed by atoms with Gasteiger partial charge in [-0.3, -0.25) is 14.6 Å². The molecule has 1 aromatic heterocycles. The third-order valence-electron chi connectivity index (χ3n) is 6.29. The number of benzene rings is 1. The third kappa shape index (κ3) is 4.32. The van der Waals surface area contributed by atoms with E-state index in [1.807, 2.05) is 47.4 Å². The molecule has 2 heterocycles. The van der Waals surface area contributed by atoms with E-state index in [0.29, 0.717) is 13.1 Å². The van der Waals surface area contributed by atoms with Gasteiger partial charge in [0.25, 0.3) is 0 Å². The third-order valence-corrected chi connectivity index (χ3v) is 6.29. The molecule has 2 fully saturated rings. The van der Waals surface area contributed by atoms with Gasteiger partial charge in [-0.2, -0.15) is 0 Å². The van der Waals surface area contributed by atoms with Crippen molar-refractivity contribution in [3.05, 3.63) is 59.9 Å². The molecule has 0 radical (unpaired) electrons. The first-order valence-corrected chi connectivity index (χ1v) is 10.6. The second-order valence-electron chi connectivity index (χ2n) is 8.18. The van der Waals surface area contributed by atoms with Gasteiger partial charge in [0, 0.05) is 12.7 Å². The van der Waals surface area contributed by atoms with Crippen LogP contribution in [0.5, 0.6) is 5.75 Å². The highest BCUT2D eigenvalue weighted by Gasteiger charge is 2.54. The summed E-state index contributed by atoms with van der Waals surface area (Å²) in [4.78, 5) is 32.0. The number of pyridine rings is 1. The molecule has 1 aliphatic carbocycles. The molecule has 1 unspecified atom stereocenters. The van der Waals surface area contributed by atoms with Gasteiger partial charge in [0.1, 0.15) is 11.4 Å². The van der Waals surface area contributed by atoms with Crippen LogP contribution >= 0.6 is 0 Å². The summed E-state index contributed by atoms with van der Waals surface area (Å²) < 4.78 is 10.9. The minimum absolute atomic E-state index is 0.00177. The SMILES string of the molecule is COc1ccc(CCN(Cc2ccccn2)C(=O)C2CC(=O)OC23CCCC3)cc1. The van der Waals surface area contributed by atoms with E-state index in [1.165, 1.54) is 0 Å². The molecule has 1 spiro atoms. The van der Waals surface area contributed by atoms with Gasteiger partial charge in [0.15, 0.2) is 0 Å². The maximum Gasteiger partial charge on any atom is 0.307 e. The summed E-state index contributed by atoms with van der Waals surface area (Å²) in [5.41, 5.74) is 1.37. The Morgan fingerprint density at radius 1 is 1.20 bits per heavy atom. The Morgan fingerprint density at radius 3 is 2.63 bits per heavy atom. The first-order valence-electron chi connectivity index (χ1n) is 10.6. The Bertz CT molecular complexity index is 876. The van der Waals surface area contributed by atoms with Crippen LogP contribution in [0.25, 0.3) is 0 Å². The highest BCUT2D eigenvalue weighted by molar-refractivity contribution is 5.88. The van der Waals surface area contributed by atoms with Gasteiger partial charge >= 0.3 is 5.97 Å². The monoisotopic (exact) mass is 408 g/mol. The fourth-order valence-electron chi connectivity index (χ4n) is 4.66. The van der Waals surface area contributed by atoms with E-state index in [2.05, 4.69) is 4.98 Å². The number of esters is 1. The molecule has 30 heavy (non-hydrogen) atoms. The molecule has 1 aromatic carbocycles. The number of methoxy groups -OCH3 is 1. The molecular formula is C24H28N2O4. The number of hydrogen-bond acceptors (Lipinski definition) is 5.